The van der Waals surface area contributed by atoms with Gasteiger partial charge in [-0.15, -0.1) is 0 Å². The van der Waals surface area contributed by atoms with Crippen LogP contribution in [-0.2, 0) is 0 Å². The van der Waals surface area contributed by atoms with E-state index in [4.69, 9.17) is 4.74 Å². The van der Waals surface area contributed by atoms with Gasteiger partial charge in [-0.2, -0.15) is 0 Å². The second-order valence-electron chi connectivity index (χ2n) is 5.52. The topological polar surface area (TPSA) is 29.5 Å². The SMILES string of the molecule is COc1ccc(C(C)C)cc1C(CCO)C(C)C. The van der Waals surface area contributed by atoms with E-state index in [2.05, 4.69) is 45.9 Å². The van der Waals surface area contributed by atoms with Gasteiger partial charge in [-0.1, -0.05) is 39.8 Å². The highest BCUT2D eigenvalue weighted by atomic mass is 16.5. The first-order valence-corrected chi connectivity index (χ1v) is 6.79. The van der Waals surface area contributed by atoms with Crippen LogP contribution in [0.25, 0.3) is 0 Å². The van der Waals surface area contributed by atoms with Crippen LogP contribution in [-0.4, -0.2) is 18.8 Å². The smallest absolute Gasteiger partial charge is 0.122 e. The maximum Gasteiger partial charge on any atom is 0.122 e. The first kappa shape index (κ1) is 15.0. The molecule has 0 aliphatic carbocycles. The summed E-state index contributed by atoms with van der Waals surface area (Å²) in [5, 5.41) is 9.25. The Morgan fingerprint density at radius 3 is 2.28 bits per heavy atom. The fraction of sp³-hybridized carbons (Fsp3) is 0.625. The molecule has 2 nitrogen and oxygen atoms in total. The number of benzene rings is 1. The molecular weight excluding hydrogens is 224 g/mol. The molecule has 0 saturated carbocycles. The van der Waals surface area contributed by atoms with Gasteiger partial charge in [-0.3, -0.25) is 0 Å². The number of hydrogen-bond donors (Lipinski definition) is 1. The quantitative estimate of drug-likeness (QED) is 0.828. The molecule has 1 N–H and O–H groups in total. The third-order valence-electron chi connectivity index (χ3n) is 3.56. The van der Waals surface area contributed by atoms with E-state index < -0.39 is 0 Å². The van der Waals surface area contributed by atoms with Gasteiger partial charge in [0.2, 0.25) is 0 Å². The summed E-state index contributed by atoms with van der Waals surface area (Å²) in [5.74, 6) is 2.29. The lowest BCUT2D eigenvalue weighted by atomic mass is 9.84. The van der Waals surface area contributed by atoms with Gasteiger partial charge in [0.15, 0.2) is 0 Å². The molecule has 1 aromatic rings. The Labute approximate surface area is 111 Å². The van der Waals surface area contributed by atoms with Crippen molar-refractivity contribution in [2.75, 3.05) is 13.7 Å². The van der Waals surface area contributed by atoms with Crippen molar-refractivity contribution >= 4 is 0 Å². The summed E-state index contributed by atoms with van der Waals surface area (Å²) in [6.45, 7) is 9.01. The molecular formula is C16H26O2. The van der Waals surface area contributed by atoms with E-state index in [1.54, 1.807) is 7.11 Å². The Morgan fingerprint density at radius 2 is 1.83 bits per heavy atom. The Morgan fingerprint density at radius 1 is 1.17 bits per heavy atom. The minimum absolute atomic E-state index is 0.220. The maximum absolute atomic E-state index is 9.25. The van der Waals surface area contributed by atoms with E-state index in [9.17, 15) is 5.11 Å². The standard InChI is InChI=1S/C16H26O2/c1-11(2)13-6-7-16(18-5)15(10-13)14(8-9-17)12(3)4/h6-7,10-12,14,17H,8-9H2,1-5H3. The molecule has 0 heterocycles. The minimum atomic E-state index is 0.220. The molecule has 0 aliphatic heterocycles. The highest BCUT2D eigenvalue weighted by molar-refractivity contribution is 5.41. The average Bonchev–Trinajstić information content (AvgIpc) is 2.34. The van der Waals surface area contributed by atoms with Crippen LogP contribution in [0.4, 0.5) is 0 Å². The van der Waals surface area contributed by atoms with Gasteiger partial charge < -0.3 is 9.84 Å². The summed E-state index contributed by atoms with van der Waals surface area (Å²) in [6.07, 6.45) is 0.787. The molecule has 1 unspecified atom stereocenters. The van der Waals surface area contributed by atoms with Crippen LogP contribution in [0.2, 0.25) is 0 Å². The van der Waals surface area contributed by atoms with E-state index in [0.29, 0.717) is 17.8 Å². The van der Waals surface area contributed by atoms with Crippen molar-refractivity contribution in [3.8, 4) is 5.75 Å². The lowest BCUT2D eigenvalue weighted by molar-refractivity contribution is 0.259. The van der Waals surface area contributed by atoms with Gasteiger partial charge in [0.1, 0.15) is 5.75 Å². The summed E-state index contributed by atoms with van der Waals surface area (Å²) < 4.78 is 5.48. The van der Waals surface area contributed by atoms with E-state index in [0.717, 1.165) is 12.2 Å². The molecule has 0 aliphatic rings. The fourth-order valence-electron chi connectivity index (χ4n) is 2.39. The molecule has 0 amide bonds. The summed E-state index contributed by atoms with van der Waals surface area (Å²) >= 11 is 0. The molecule has 0 radical (unpaired) electrons. The molecule has 1 atom stereocenters. The van der Waals surface area contributed by atoms with E-state index in [1.807, 2.05) is 0 Å². The van der Waals surface area contributed by atoms with Crippen molar-refractivity contribution in [2.24, 2.45) is 5.92 Å². The van der Waals surface area contributed by atoms with E-state index in [-0.39, 0.29) is 6.61 Å². The molecule has 0 spiro atoms. The molecule has 18 heavy (non-hydrogen) atoms. The average molecular weight is 250 g/mol. The monoisotopic (exact) mass is 250 g/mol. The molecule has 102 valence electrons. The highest BCUT2D eigenvalue weighted by Gasteiger charge is 2.20. The van der Waals surface area contributed by atoms with Crippen LogP contribution in [0, 0.1) is 5.92 Å². The van der Waals surface area contributed by atoms with E-state index >= 15 is 0 Å². The number of methoxy groups -OCH3 is 1. The first-order valence-electron chi connectivity index (χ1n) is 6.79. The normalized spacial score (nSPS) is 13.1. The van der Waals surface area contributed by atoms with Crippen LogP contribution >= 0.6 is 0 Å². The van der Waals surface area contributed by atoms with Crippen LogP contribution in [0.1, 0.15) is 57.1 Å². The lowest BCUT2D eigenvalue weighted by Crippen LogP contribution is -2.11. The van der Waals surface area contributed by atoms with Crippen molar-refractivity contribution in [1.29, 1.82) is 0 Å². The van der Waals surface area contributed by atoms with Crippen LogP contribution in [0.15, 0.2) is 18.2 Å². The van der Waals surface area contributed by atoms with Crippen LogP contribution in [0.5, 0.6) is 5.75 Å². The number of ether oxygens (including phenoxy) is 1. The van der Waals surface area contributed by atoms with Gasteiger partial charge in [0.05, 0.1) is 7.11 Å². The van der Waals surface area contributed by atoms with Crippen LogP contribution < -0.4 is 4.74 Å². The number of hydrogen-bond acceptors (Lipinski definition) is 2. The molecule has 0 saturated heterocycles. The van der Waals surface area contributed by atoms with Gasteiger partial charge in [0.25, 0.3) is 0 Å². The predicted octanol–water partition coefficient (Wildman–Crippen LogP) is 3.94. The number of aliphatic hydroxyl groups is 1. The van der Waals surface area contributed by atoms with E-state index in [1.165, 1.54) is 11.1 Å². The second kappa shape index (κ2) is 6.79. The summed E-state index contributed by atoms with van der Waals surface area (Å²) in [4.78, 5) is 0. The summed E-state index contributed by atoms with van der Waals surface area (Å²) in [6, 6.07) is 6.42. The third kappa shape index (κ3) is 3.49. The molecule has 1 rings (SSSR count). The van der Waals surface area contributed by atoms with Crippen LogP contribution in [0.3, 0.4) is 0 Å². The van der Waals surface area contributed by atoms with Gasteiger partial charge in [-0.05, 0) is 41.4 Å². The van der Waals surface area contributed by atoms with Gasteiger partial charge >= 0.3 is 0 Å². The molecule has 2 heteroatoms. The zero-order chi connectivity index (χ0) is 13.7. The largest absolute Gasteiger partial charge is 0.496 e. The lowest BCUT2D eigenvalue weighted by Gasteiger charge is -2.24. The fourth-order valence-corrected chi connectivity index (χ4v) is 2.39. The summed E-state index contributed by atoms with van der Waals surface area (Å²) in [5.41, 5.74) is 2.56. The molecule has 1 aromatic carbocycles. The third-order valence-corrected chi connectivity index (χ3v) is 3.56. The maximum atomic E-state index is 9.25. The van der Waals surface area contributed by atoms with Crippen molar-refractivity contribution in [2.45, 2.75) is 46.0 Å². The van der Waals surface area contributed by atoms with Crippen molar-refractivity contribution in [3.63, 3.8) is 0 Å². The van der Waals surface area contributed by atoms with Crippen molar-refractivity contribution < 1.29 is 9.84 Å². The van der Waals surface area contributed by atoms with Crippen molar-refractivity contribution in [1.82, 2.24) is 0 Å². The molecule has 0 bridgehead atoms. The Hall–Kier alpha value is -1.02. The van der Waals surface area contributed by atoms with Gasteiger partial charge in [-0.25, -0.2) is 0 Å². The number of rotatable bonds is 6. The minimum Gasteiger partial charge on any atom is -0.496 e. The zero-order valence-corrected chi connectivity index (χ0v) is 12.2. The van der Waals surface area contributed by atoms with Gasteiger partial charge in [0, 0.05) is 6.61 Å². The Kier molecular flexibility index (Phi) is 5.67. The van der Waals surface area contributed by atoms with Crippen molar-refractivity contribution in [3.05, 3.63) is 29.3 Å². The summed E-state index contributed by atoms with van der Waals surface area (Å²) in [7, 11) is 1.71. The Balaban J connectivity index is 3.19. The predicted molar refractivity (Wildman–Crippen MR) is 76.4 cm³/mol. The molecule has 0 aromatic heterocycles. The second-order valence-corrected chi connectivity index (χ2v) is 5.52. The first-order chi connectivity index (χ1) is 8.51. The number of aliphatic hydroxyl groups excluding tert-OH is 1. The Bertz CT molecular complexity index is 369. The molecule has 0 fully saturated rings. The highest BCUT2D eigenvalue weighted by Crippen LogP contribution is 2.36. The zero-order valence-electron chi connectivity index (χ0n) is 12.2.